The van der Waals surface area contributed by atoms with Gasteiger partial charge in [0.25, 0.3) is 5.91 Å². The molecule has 1 aromatic carbocycles. The minimum Gasteiger partial charge on any atom is -0.497 e. The predicted molar refractivity (Wildman–Crippen MR) is 92.2 cm³/mol. The van der Waals surface area contributed by atoms with Crippen molar-refractivity contribution in [1.82, 2.24) is 10.2 Å². The number of piperidine rings is 1. The summed E-state index contributed by atoms with van der Waals surface area (Å²) in [6.45, 7) is 3.94. The van der Waals surface area contributed by atoms with Gasteiger partial charge in [-0.15, -0.1) is 0 Å². The van der Waals surface area contributed by atoms with Gasteiger partial charge in [0.1, 0.15) is 5.75 Å². The maximum Gasteiger partial charge on any atom is 0.251 e. The number of carbonyl (C=O) groups excluding carboxylic acids is 2. The van der Waals surface area contributed by atoms with Crippen molar-refractivity contribution in [2.24, 2.45) is 0 Å². The largest absolute Gasteiger partial charge is 0.497 e. The molecule has 0 unspecified atom stereocenters. The van der Waals surface area contributed by atoms with Crippen molar-refractivity contribution in [3.8, 4) is 5.75 Å². The summed E-state index contributed by atoms with van der Waals surface area (Å²) in [7, 11) is 1.59. The monoisotopic (exact) mass is 331 g/mol. The van der Waals surface area contributed by atoms with E-state index in [9.17, 15) is 9.59 Å². The van der Waals surface area contributed by atoms with Crippen molar-refractivity contribution < 1.29 is 14.3 Å². The van der Waals surface area contributed by atoms with Crippen LogP contribution in [0.2, 0.25) is 0 Å². The summed E-state index contributed by atoms with van der Waals surface area (Å²) in [5, 5.41) is 3.25. The van der Waals surface area contributed by atoms with E-state index in [0.717, 1.165) is 26.2 Å². The molecule has 1 N–H and O–H groups in total. The lowest BCUT2D eigenvalue weighted by molar-refractivity contribution is -0.121. The van der Waals surface area contributed by atoms with Gasteiger partial charge in [0.15, 0.2) is 0 Å². The Kier molecular flexibility index (Phi) is 5.48. The lowest BCUT2D eigenvalue weighted by Gasteiger charge is -2.26. The third kappa shape index (κ3) is 3.76. The Morgan fingerprint density at radius 3 is 2.50 bits per heavy atom. The van der Waals surface area contributed by atoms with E-state index in [4.69, 9.17) is 4.74 Å². The summed E-state index contributed by atoms with van der Waals surface area (Å²) in [4.78, 5) is 28.5. The van der Waals surface area contributed by atoms with Gasteiger partial charge < -0.3 is 15.0 Å². The second-order valence-corrected chi connectivity index (χ2v) is 6.38. The zero-order valence-electron chi connectivity index (χ0n) is 14.2. The van der Waals surface area contributed by atoms with Crippen LogP contribution in [0.4, 0.5) is 5.69 Å². The molecule has 0 spiro atoms. The fourth-order valence-electron chi connectivity index (χ4n) is 3.37. The van der Waals surface area contributed by atoms with Crippen LogP contribution in [-0.2, 0) is 9.59 Å². The highest BCUT2D eigenvalue weighted by molar-refractivity contribution is 6.22. The minimum atomic E-state index is -0.413. The highest BCUT2D eigenvalue weighted by atomic mass is 16.5. The van der Waals surface area contributed by atoms with E-state index in [1.165, 1.54) is 24.2 Å². The molecular weight excluding hydrogens is 306 g/mol. The Morgan fingerprint density at radius 2 is 1.83 bits per heavy atom. The van der Waals surface area contributed by atoms with Gasteiger partial charge in [-0.1, -0.05) is 6.42 Å². The molecule has 3 rings (SSSR count). The van der Waals surface area contributed by atoms with Crippen molar-refractivity contribution in [1.29, 1.82) is 0 Å². The second kappa shape index (κ2) is 7.77. The summed E-state index contributed by atoms with van der Waals surface area (Å²) in [5.74, 6) is 0.388. The Hall–Kier alpha value is -1.92. The van der Waals surface area contributed by atoms with Gasteiger partial charge in [-0.05, 0) is 50.2 Å². The second-order valence-electron chi connectivity index (χ2n) is 6.38. The Bertz CT molecular complexity index is 582. The number of imide groups is 1. The average Bonchev–Trinajstić information content (AvgIpc) is 2.90. The molecule has 2 heterocycles. The normalized spacial score (nSPS) is 22.2. The van der Waals surface area contributed by atoms with E-state index >= 15 is 0 Å². The number of nitrogens with one attached hydrogen (secondary N) is 1. The van der Waals surface area contributed by atoms with Crippen LogP contribution >= 0.6 is 0 Å². The molecule has 24 heavy (non-hydrogen) atoms. The van der Waals surface area contributed by atoms with Crippen LogP contribution in [0.15, 0.2) is 24.3 Å². The van der Waals surface area contributed by atoms with Gasteiger partial charge in [0, 0.05) is 13.1 Å². The molecule has 0 aliphatic carbocycles. The maximum atomic E-state index is 12.6. The van der Waals surface area contributed by atoms with E-state index in [1.54, 1.807) is 31.4 Å². The topological polar surface area (TPSA) is 61.9 Å². The standard InChI is InChI=1S/C18H25N3O3/c1-24-15-7-5-14(6-8-15)21-17(22)13-16(18(21)23)19-9-12-20-10-3-2-4-11-20/h5-8,16,19H,2-4,9-13H2,1H3/t16-/m1/s1. The number of amides is 2. The lowest BCUT2D eigenvalue weighted by Crippen LogP contribution is -2.43. The van der Waals surface area contributed by atoms with Gasteiger partial charge >= 0.3 is 0 Å². The molecule has 130 valence electrons. The molecular formula is C18H25N3O3. The number of hydrogen-bond donors (Lipinski definition) is 1. The zero-order valence-corrected chi connectivity index (χ0v) is 14.2. The van der Waals surface area contributed by atoms with E-state index in [-0.39, 0.29) is 18.2 Å². The van der Waals surface area contributed by atoms with Crippen LogP contribution < -0.4 is 15.0 Å². The number of benzene rings is 1. The number of anilines is 1. The summed E-state index contributed by atoms with van der Waals surface area (Å²) in [6, 6.07) is 6.58. The molecule has 0 aromatic heterocycles. The van der Waals surface area contributed by atoms with E-state index in [0.29, 0.717) is 11.4 Å². The number of likely N-dealkylation sites (tertiary alicyclic amines) is 1. The van der Waals surface area contributed by atoms with Gasteiger partial charge in [-0.25, -0.2) is 4.90 Å². The first-order valence-corrected chi connectivity index (χ1v) is 8.65. The van der Waals surface area contributed by atoms with Crippen LogP contribution in [0.3, 0.4) is 0 Å². The predicted octanol–water partition coefficient (Wildman–Crippen LogP) is 1.40. The summed E-state index contributed by atoms with van der Waals surface area (Å²) in [5.41, 5.74) is 0.603. The fourth-order valence-corrected chi connectivity index (χ4v) is 3.37. The first-order chi connectivity index (χ1) is 11.7. The number of hydrogen-bond acceptors (Lipinski definition) is 5. The minimum absolute atomic E-state index is 0.152. The van der Waals surface area contributed by atoms with Crippen molar-refractivity contribution in [3.63, 3.8) is 0 Å². The van der Waals surface area contributed by atoms with Crippen molar-refractivity contribution in [2.75, 3.05) is 38.2 Å². The number of rotatable bonds is 6. The van der Waals surface area contributed by atoms with Crippen molar-refractivity contribution in [2.45, 2.75) is 31.7 Å². The van der Waals surface area contributed by atoms with Crippen molar-refractivity contribution >= 4 is 17.5 Å². The molecule has 1 aromatic rings. The first-order valence-electron chi connectivity index (χ1n) is 8.65. The molecule has 2 fully saturated rings. The van der Waals surface area contributed by atoms with Gasteiger partial charge in [0.05, 0.1) is 25.3 Å². The quantitative estimate of drug-likeness (QED) is 0.799. The molecule has 0 radical (unpaired) electrons. The molecule has 6 nitrogen and oxygen atoms in total. The van der Waals surface area contributed by atoms with Crippen LogP contribution in [0, 0.1) is 0 Å². The van der Waals surface area contributed by atoms with Gasteiger partial charge in [0.2, 0.25) is 5.91 Å². The molecule has 0 bridgehead atoms. The summed E-state index contributed by atoms with van der Waals surface area (Å²) >= 11 is 0. The molecule has 6 heteroatoms. The first kappa shape index (κ1) is 16.9. The molecule has 2 saturated heterocycles. The summed E-state index contributed by atoms with van der Waals surface area (Å²) in [6.07, 6.45) is 4.05. The molecule has 0 saturated carbocycles. The molecule has 2 aliphatic heterocycles. The number of methoxy groups -OCH3 is 1. The average molecular weight is 331 g/mol. The maximum absolute atomic E-state index is 12.6. The molecule has 1 atom stereocenters. The molecule has 2 aliphatic rings. The van der Waals surface area contributed by atoms with Gasteiger partial charge in [-0.3, -0.25) is 9.59 Å². The van der Waals surface area contributed by atoms with Gasteiger partial charge in [-0.2, -0.15) is 0 Å². The third-order valence-corrected chi connectivity index (χ3v) is 4.74. The van der Waals surface area contributed by atoms with E-state index in [2.05, 4.69) is 10.2 Å². The number of ether oxygens (including phenoxy) is 1. The lowest BCUT2D eigenvalue weighted by atomic mass is 10.1. The van der Waals surface area contributed by atoms with Crippen molar-refractivity contribution in [3.05, 3.63) is 24.3 Å². The smallest absolute Gasteiger partial charge is 0.251 e. The Balaban J connectivity index is 1.54. The zero-order chi connectivity index (χ0) is 16.9. The van der Waals surface area contributed by atoms with E-state index < -0.39 is 6.04 Å². The summed E-state index contributed by atoms with van der Waals surface area (Å²) < 4.78 is 5.11. The highest BCUT2D eigenvalue weighted by Crippen LogP contribution is 2.25. The Labute approximate surface area is 142 Å². The fraction of sp³-hybridized carbons (Fsp3) is 0.556. The van der Waals surface area contributed by atoms with Crippen LogP contribution in [0.5, 0.6) is 5.75 Å². The number of nitrogens with zero attached hydrogens (tertiary/aromatic N) is 2. The number of carbonyl (C=O) groups is 2. The van der Waals surface area contributed by atoms with Crippen LogP contribution in [0.1, 0.15) is 25.7 Å². The highest BCUT2D eigenvalue weighted by Gasteiger charge is 2.39. The van der Waals surface area contributed by atoms with Crippen LogP contribution in [-0.4, -0.2) is 56.0 Å². The van der Waals surface area contributed by atoms with Crippen LogP contribution in [0.25, 0.3) is 0 Å². The Morgan fingerprint density at radius 1 is 1.12 bits per heavy atom. The SMILES string of the molecule is COc1ccc(N2C(=O)C[C@@H](NCCN3CCCCC3)C2=O)cc1. The third-order valence-electron chi connectivity index (χ3n) is 4.74. The van der Waals surface area contributed by atoms with E-state index in [1.807, 2.05) is 0 Å². The molecule has 2 amide bonds.